The van der Waals surface area contributed by atoms with Gasteiger partial charge in [-0.15, -0.1) is 0 Å². The Balaban J connectivity index is 2.52. The molecule has 1 aromatic rings. The van der Waals surface area contributed by atoms with Crippen LogP contribution in [0.3, 0.4) is 0 Å². The lowest BCUT2D eigenvalue weighted by atomic mass is 9.82. The molecule has 1 rings (SSSR count). The number of halogens is 1. The zero-order valence-corrected chi connectivity index (χ0v) is 13.3. The molecule has 0 saturated heterocycles. The van der Waals surface area contributed by atoms with Crippen molar-refractivity contribution in [2.24, 2.45) is 18.4 Å². The maximum absolute atomic E-state index is 4.39. The Kier molecular flexibility index (Phi) is 4.78. The zero-order chi connectivity index (χ0) is 13.2. The van der Waals surface area contributed by atoms with Crippen molar-refractivity contribution in [1.82, 2.24) is 15.1 Å². The van der Waals surface area contributed by atoms with Crippen molar-refractivity contribution in [3.8, 4) is 0 Å². The lowest BCUT2D eigenvalue weighted by Crippen LogP contribution is -2.30. The smallest absolute Gasteiger partial charge is 0.0739 e. The van der Waals surface area contributed by atoms with Gasteiger partial charge >= 0.3 is 0 Å². The predicted octanol–water partition coefficient (Wildman–Crippen LogP) is 3.26. The Hall–Kier alpha value is -0.350. The van der Waals surface area contributed by atoms with Crippen LogP contribution in [0.1, 0.15) is 39.1 Å². The summed E-state index contributed by atoms with van der Waals surface area (Å²) in [5, 5.41) is 7.90. The Bertz CT molecular complexity index is 377. The van der Waals surface area contributed by atoms with Crippen LogP contribution >= 0.6 is 15.9 Å². The summed E-state index contributed by atoms with van der Waals surface area (Å²) in [7, 11) is 1.99. The van der Waals surface area contributed by atoms with Crippen molar-refractivity contribution in [2.45, 2.75) is 41.2 Å². The van der Waals surface area contributed by atoms with Crippen LogP contribution in [-0.2, 0) is 13.6 Å². The molecule has 1 heterocycles. The predicted molar refractivity (Wildman–Crippen MR) is 76.0 cm³/mol. The van der Waals surface area contributed by atoms with Crippen LogP contribution in [-0.4, -0.2) is 16.3 Å². The third-order valence-corrected chi connectivity index (χ3v) is 4.51. The van der Waals surface area contributed by atoms with E-state index in [1.165, 1.54) is 5.69 Å². The summed E-state index contributed by atoms with van der Waals surface area (Å²) >= 11 is 3.58. The average Bonchev–Trinajstić information content (AvgIpc) is 2.42. The van der Waals surface area contributed by atoms with E-state index in [1.54, 1.807) is 0 Å². The number of nitrogens with zero attached hydrogens (tertiary/aromatic N) is 2. The molecular formula is C13H24BrN3. The third kappa shape index (κ3) is 3.81. The molecule has 0 amide bonds. The summed E-state index contributed by atoms with van der Waals surface area (Å²) in [6.45, 7) is 13.0. The van der Waals surface area contributed by atoms with Gasteiger partial charge in [-0.05, 0) is 40.7 Å². The highest BCUT2D eigenvalue weighted by Crippen LogP contribution is 2.25. The zero-order valence-electron chi connectivity index (χ0n) is 11.8. The van der Waals surface area contributed by atoms with Crippen LogP contribution in [0.2, 0.25) is 0 Å². The van der Waals surface area contributed by atoms with Crippen molar-refractivity contribution >= 4 is 15.9 Å². The first-order valence-electron chi connectivity index (χ1n) is 6.12. The summed E-state index contributed by atoms with van der Waals surface area (Å²) in [5.41, 5.74) is 2.61. The van der Waals surface area contributed by atoms with E-state index in [-0.39, 0.29) is 0 Å². The van der Waals surface area contributed by atoms with Crippen molar-refractivity contribution in [2.75, 3.05) is 6.54 Å². The fraction of sp³-hybridized carbons (Fsp3) is 0.769. The second-order valence-electron chi connectivity index (χ2n) is 5.87. The maximum atomic E-state index is 4.39. The molecular weight excluding hydrogens is 278 g/mol. The van der Waals surface area contributed by atoms with E-state index in [1.807, 2.05) is 18.7 Å². The normalized spacial score (nSPS) is 14.1. The Morgan fingerprint density at radius 3 is 2.41 bits per heavy atom. The van der Waals surface area contributed by atoms with Gasteiger partial charge in [0, 0.05) is 13.6 Å². The van der Waals surface area contributed by atoms with E-state index in [0.29, 0.717) is 11.3 Å². The van der Waals surface area contributed by atoms with Crippen LogP contribution in [0.25, 0.3) is 0 Å². The second kappa shape index (κ2) is 5.53. The molecule has 1 atom stereocenters. The van der Waals surface area contributed by atoms with Crippen molar-refractivity contribution in [3.63, 3.8) is 0 Å². The van der Waals surface area contributed by atoms with Crippen LogP contribution in [0, 0.1) is 18.3 Å². The highest BCUT2D eigenvalue weighted by Gasteiger charge is 2.19. The Labute approximate surface area is 113 Å². The van der Waals surface area contributed by atoms with Crippen LogP contribution in [0.4, 0.5) is 0 Å². The Morgan fingerprint density at radius 2 is 2.00 bits per heavy atom. The van der Waals surface area contributed by atoms with Gasteiger partial charge in [0.05, 0.1) is 15.9 Å². The minimum absolute atomic E-state index is 0.354. The monoisotopic (exact) mass is 301 g/mol. The number of rotatable bonds is 4. The summed E-state index contributed by atoms with van der Waals surface area (Å²) in [6, 6.07) is 0. The van der Waals surface area contributed by atoms with Gasteiger partial charge < -0.3 is 5.32 Å². The molecule has 0 spiro atoms. The maximum Gasteiger partial charge on any atom is 0.0739 e. The molecule has 1 aromatic heterocycles. The first kappa shape index (κ1) is 14.7. The minimum Gasteiger partial charge on any atom is -0.311 e. The van der Waals surface area contributed by atoms with Gasteiger partial charge in [-0.3, -0.25) is 4.68 Å². The standard InChI is InChI=1S/C13H24BrN3/c1-9(13(3,4)5)7-15-8-11-12(14)10(2)16-17(11)6/h9,15H,7-8H2,1-6H3. The molecule has 0 bridgehead atoms. The first-order valence-corrected chi connectivity index (χ1v) is 6.91. The lowest BCUT2D eigenvalue weighted by molar-refractivity contribution is 0.252. The molecule has 0 aliphatic rings. The summed E-state index contributed by atoms with van der Waals surface area (Å²) in [4.78, 5) is 0. The molecule has 1 N–H and O–H groups in total. The number of aromatic nitrogens is 2. The summed E-state index contributed by atoms with van der Waals surface area (Å²) in [5.74, 6) is 0.649. The number of nitrogens with one attached hydrogen (secondary N) is 1. The van der Waals surface area contributed by atoms with Crippen molar-refractivity contribution in [1.29, 1.82) is 0 Å². The van der Waals surface area contributed by atoms with Crippen LogP contribution < -0.4 is 5.32 Å². The fourth-order valence-electron chi connectivity index (χ4n) is 1.59. The second-order valence-corrected chi connectivity index (χ2v) is 6.66. The molecule has 0 aromatic carbocycles. The molecule has 0 fully saturated rings. The lowest BCUT2D eigenvalue weighted by Gasteiger charge is -2.27. The van der Waals surface area contributed by atoms with Gasteiger partial charge in [-0.2, -0.15) is 5.10 Å². The first-order chi connectivity index (χ1) is 7.73. The highest BCUT2D eigenvalue weighted by atomic mass is 79.9. The highest BCUT2D eigenvalue weighted by molar-refractivity contribution is 9.10. The van der Waals surface area contributed by atoms with E-state index in [4.69, 9.17) is 0 Å². The van der Waals surface area contributed by atoms with Crippen molar-refractivity contribution in [3.05, 3.63) is 15.9 Å². The van der Waals surface area contributed by atoms with E-state index in [9.17, 15) is 0 Å². The summed E-state index contributed by atoms with van der Waals surface area (Å²) < 4.78 is 3.06. The van der Waals surface area contributed by atoms with Gasteiger partial charge in [0.2, 0.25) is 0 Å². The topological polar surface area (TPSA) is 29.9 Å². The molecule has 98 valence electrons. The van der Waals surface area contributed by atoms with E-state index < -0.39 is 0 Å². The third-order valence-electron chi connectivity index (χ3n) is 3.48. The number of hydrogen-bond donors (Lipinski definition) is 1. The number of aryl methyl sites for hydroxylation is 2. The molecule has 1 unspecified atom stereocenters. The van der Waals surface area contributed by atoms with E-state index in [0.717, 1.165) is 23.3 Å². The van der Waals surface area contributed by atoms with E-state index in [2.05, 4.69) is 54.0 Å². The SMILES string of the molecule is Cc1nn(C)c(CNCC(C)C(C)(C)C)c1Br. The molecule has 0 saturated carbocycles. The minimum atomic E-state index is 0.354. The molecule has 0 aliphatic heterocycles. The Morgan fingerprint density at radius 1 is 1.41 bits per heavy atom. The van der Waals surface area contributed by atoms with Crippen LogP contribution in [0.15, 0.2) is 4.47 Å². The van der Waals surface area contributed by atoms with Crippen molar-refractivity contribution < 1.29 is 0 Å². The quantitative estimate of drug-likeness (QED) is 0.925. The van der Waals surface area contributed by atoms with Gasteiger partial charge in [-0.1, -0.05) is 27.7 Å². The molecule has 0 aliphatic carbocycles. The molecule has 0 radical (unpaired) electrons. The van der Waals surface area contributed by atoms with Gasteiger partial charge in [0.1, 0.15) is 0 Å². The van der Waals surface area contributed by atoms with Crippen LogP contribution in [0.5, 0.6) is 0 Å². The summed E-state index contributed by atoms with van der Waals surface area (Å²) in [6.07, 6.45) is 0. The van der Waals surface area contributed by atoms with Gasteiger partial charge in [0.15, 0.2) is 0 Å². The number of hydrogen-bond acceptors (Lipinski definition) is 2. The van der Waals surface area contributed by atoms with E-state index >= 15 is 0 Å². The average molecular weight is 302 g/mol. The van der Waals surface area contributed by atoms with Gasteiger partial charge in [0.25, 0.3) is 0 Å². The van der Waals surface area contributed by atoms with Gasteiger partial charge in [-0.25, -0.2) is 0 Å². The largest absolute Gasteiger partial charge is 0.311 e. The molecule has 17 heavy (non-hydrogen) atoms. The fourth-order valence-corrected chi connectivity index (χ4v) is 2.06. The molecule has 4 heteroatoms. The molecule has 3 nitrogen and oxygen atoms in total.